The Labute approximate surface area is 123 Å². The van der Waals surface area contributed by atoms with Gasteiger partial charge in [0.15, 0.2) is 0 Å². The van der Waals surface area contributed by atoms with Crippen molar-refractivity contribution in [2.24, 2.45) is 0 Å². The van der Waals surface area contributed by atoms with E-state index in [4.69, 9.17) is 0 Å². The minimum absolute atomic E-state index is 0.573. The van der Waals surface area contributed by atoms with Gasteiger partial charge in [-0.25, -0.2) is 0 Å². The van der Waals surface area contributed by atoms with E-state index >= 15 is 0 Å². The Morgan fingerprint density at radius 2 is 1.53 bits per heavy atom. The Hall–Kier alpha value is -1.12. The van der Waals surface area contributed by atoms with Crippen LogP contribution >= 0.6 is 15.9 Å². The average molecular weight is 316 g/mol. The first kappa shape index (κ1) is 12.9. The van der Waals surface area contributed by atoms with Gasteiger partial charge in [-0.2, -0.15) is 0 Å². The quantitative estimate of drug-likeness (QED) is 0.870. The van der Waals surface area contributed by atoms with Gasteiger partial charge in [-0.15, -0.1) is 0 Å². The average Bonchev–Trinajstić information content (AvgIpc) is 2.49. The van der Waals surface area contributed by atoms with E-state index in [-0.39, 0.29) is 0 Å². The van der Waals surface area contributed by atoms with Gasteiger partial charge in [0.1, 0.15) is 0 Å². The molecule has 0 amide bonds. The first-order valence-electron chi connectivity index (χ1n) is 6.86. The van der Waals surface area contributed by atoms with E-state index in [0.717, 1.165) is 17.6 Å². The van der Waals surface area contributed by atoms with Crippen LogP contribution in [0.5, 0.6) is 0 Å². The van der Waals surface area contributed by atoms with Crippen molar-refractivity contribution in [1.29, 1.82) is 0 Å². The van der Waals surface area contributed by atoms with Gasteiger partial charge in [0.05, 0.1) is 0 Å². The topological polar surface area (TPSA) is 12.0 Å². The number of piperidine rings is 1. The maximum Gasteiger partial charge on any atom is 0.0175 e. The van der Waals surface area contributed by atoms with Crippen LogP contribution in [-0.2, 0) is 0 Å². The van der Waals surface area contributed by atoms with Gasteiger partial charge in [0, 0.05) is 16.9 Å². The number of hydrogen-bond donors (Lipinski definition) is 1. The summed E-state index contributed by atoms with van der Waals surface area (Å²) in [4.78, 5) is 0. The lowest BCUT2D eigenvalue weighted by Gasteiger charge is -2.33. The summed E-state index contributed by atoms with van der Waals surface area (Å²) in [6.07, 6.45) is 1.21. The highest BCUT2D eigenvalue weighted by Crippen LogP contribution is 2.37. The second-order valence-electron chi connectivity index (χ2n) is 5.17. The van der Waals surface area contributed by atoms with Gasteiger partial charge in [-0.3, -0.25) is 0 Å². The molecule has 1 nitrogen and oxygen atoms in total. The van der Waals surface area contributed by atoms with Crippen LogP contribution < -0.4 is 5.32 Å². The number of benzene rings is 2. The summed E-state index contributed by atoms with van der Waals surface area (Å²) < 4.78 is 1.15. The van der Waals surface area contributed by atoms with E-state index < -0.39 is 0 Å². The van der Waals surface area contributed by atoms with E-state index in [1.165, 1.54) is 17.5 Å². The van der Waals surface area contributed by atoms with Crippen molar-refractivity contribution in [3.8, 4) is 0 Å². The number of halogens is 1. The molecule has 3 rings (SSSR count). The van der Waals surface area contributed by atoms with Gasteiger partial charge >= 0.3 is 0 Å². The van der Waals surface area contributed by atoms with Crippen molar-refractivity contribution in [2.45, 2.75) is 18.3 Å². The van der Waals surface area contributed by atoms with Crippen molar-refractivity contribution in [3.05, 3.63) is 70.2 Å². The third kappa shape index (κ3) is 2.90. The first-order valence-corrected chi connectivity index (χ1v) is 7.65. The molecule has 1 heterocycles. The predicted molar refractivity (Wildman–Crippen MR) is 83.6 cm³/mol. The van der Waals surface area contributed by atoms with E-state index in [2.05, 4.69) is 75.8 Å². The lowest BCUT2D eigenvalue weighted by Crippen LogP contribution is -2.33. The third-order valence-electron chi connectivity index (χ3n) is 4.01. The highest BCUT2D eigenvalue weighted by molar-refractivity contribution is 9.10. The van der Waals surface area contributed by atoms with Crippen LogP contribution in [0.1, 0.15) is 29.4 Å². The van der Waals surface area contributed by atoms with E-state index in [0.29, 0.717) is 11.8 Å². The molecule has 2 aromatic carbocycles. The SMILES string of the molecule is Brc1ccc(C2CNCCC2c2ccccc2)cc1. The fraction of sp³-hybridized carbons (Fsp3) is 0.294. The summed E-state index contributed by atoms with van der Waals surface area (Å²) in [5, 5.41) is 3.54. The molecule has 1 N–H and O–H groups in total. The van der Waals surface area contributed by atoms with Gasteiger partial charge in [0.2, 0.25) is 0 Å². The highest BCUT2D eigenvalue weighted by atomic mass is 79.9. The summed E-state index contributed by atoms with van der Waals surface area (Å²) in [7, 11) is 0. The molecule has 19 heavy (non-hydrogen) atoms. The van der Waals surface area contributed by atoms with Crippen molar-refractivity contribution < 1.29 is 0 Å². The molecule has 1 fully saturated rings. The summed E-state index contributed by atoms with van der Waals surface area (Å²) in [6, 6.07) is 19.7. The molecule has 1 aliphatic rings. The van der Waals surface area contributed by atoms with Crippen molar-refractivity contribution in [2.75, 3.05) is 13.1 Å². The monoisotopic (exact) mass is 315 g/mol. The largest absolute Gasteiger partial charge is 0.316 e. The zero-order valence-corrected chi connectivity index (χ0v) is 12.4. The molecule has 0 saturated carbocycles. The molecule has 2 heteroatoms. The summed E-state index contributed by atoms with van der Waals surface area (Å²) >= 11 is 3.51. The molecule has 2 atom stereocenters. The Morgan fingerprint density at radius 1 is 0.842 bits per heavy atom. The Balaban J connectivity index is 1.91. The highest BCUT2D eigenvalue weighted by Gasteiger charge is 2.27. The number of hydrogen-bond acceptors (Lipinski definition) is 1. The number of nitrogens with one attached hydrogen (secondary N) is 1. The molecule has 2 aromatic rings. The summed E-state index contributed by atoms with van der Waals surface area (Å²) in [5.41, 5.74) is 2.90. The van der Waals surface area contributed by atoms with Crippen LogP contribution in [0.3, 0.4) is 0 Å². The minimum Gasteiger partial charge on any atom is -0.316 e. The molecule has 2 unspecified atom stereocenters. The van der Waals surface area contributed by atoms with Crippen molar-refractivity contribution in [1.82, 2.24) is 5.32 Å². The molecule has 0 aromatic heterocycles. The van der Waals surface area contributed by atoms with E-state index in [1.54, 1.807) is 0 Å². The Kier molecular flexibility index (Phi) is 4.00. The zero-order valence-electron chi connectivity index (χ0n) is 10.9. The third-order valence-corrected chi connectivity index (χ3v) is 4.54. The van der Waals surface area contributed by atoms with Gasteiger partial charge in [-0.05, 0) is 42.1 Å². The zero-order chi connectivity index (χ0) is 13.1. The second kappa shape index (κ2) is 5.89. The molecular formula is C17H18BrN. The lowest BCUT2D eigenvalue weighted by atomic mass is 9.77. The fourth-order valence-electron chi connectivity index (χ4n) is 3.02. The Morgan fingerprint density at radius 3 is 2.26 bits per heavy atom. The minimum atomic E-state index is 0.573. The van der Waals surface area contributed by atoms with Crippen molar-refractivity contribution >= 4 is 15.9 Å². The Bertz CT molecular complexity index is 521. The van der Waals surface area contributed by atoms with Gasteiger partial charge in [-0.1, -0.05) is 58.4 Å². The van der Waals surface area contributed by atoms with Crippen LogP contribution in [0, 0.1) is 0 Å². The summed E-state index contributed by atoms with van der Waals surface area (Å²) in [5.74, 6) is 1.20. The van der Waals surface area contributed by atoms with Crippen LogP contribution in [0.15, 0.2) is 59.1 Å². The lowest BCUT2D eigenvalue weighted by molar-refractivity contribution is 0.404. The van der Waals surface area contributed by atoms with E-state index in [9.17, 15) is 0 Å². The van der Waals surface area contributed by atoms with Gasteiger partial charge < -0.3 is 5.32 Å². The molecule has 1 aliphatic heterocycles. The fourth-order valence-corrected chi connectivity index (χ4v) is 3.28. The standard InChI is InChI=1S/C17H18BrN/c18-15-8-6-14(7-9-15)17-12-19-11-10-16(17)13-4-2-1-3-5-13/h1-9,16-17,19H,10-12H2. The maximum absolute atomic E-state index is 3.54. The first-order chi connectivity index (χ1) is 9.34. The van der Waals surface area contributed by atoms with Crippen LogP contribution in [-0.4, -0.2) is 13.1 Å². The normalized spacial score (nSPS) is 23.2. The molecule has 0 aliphatic carbocycles. The molecule has 1 saturated heterocycles. The maximum atomic E-state index is 3.54. The van der Waals surface area contributed by atoms with Crippen LogP contribution in [0.4, 0.5) is 0 Å². The molecular weight excluding hydrogens is 298 g/mol. The molecule has 98 valence electrons. The summed E-state index contributed by atoms with van der Waals surface area (Å²) in [6.45, 7) is 2.19. The van der Waals surface area contributed by atoms with Crippen molar-refractivity contribution in [3.63, 3.8) is 0 Å². The van der Waals surface area contributed by atoms with Gasteiger partial charge in [0.25, 0.3) is 0 Å². The second-order valence-corrected chi connectivity index (χ2v) is 6.08. The molecule has 0 radical (unpaired) electrons. The molecule has 0 spiro atoms. The molecule has 0 bridgehead atoms. The van der Waals surface area contributed by atoms with Crippen LogP contribution in [0.2, 0.25) is 0 Å². The van der Waals surface area contributed by atoms with Crippen LogP contribution in [0.25, 0.3) is 0 Å². The number of rotatable bonds is 2. The predicted octanol–water partition coefficient (Wildman–Crippen LogP) is 4.31. The van der Waals surface area contributed by atoms with E-state index in [1.807, 2.05) is 0 Å². The smallest absolute Gasteiger partial charge is 0.0175 e.